The van der Waals surface area contributed by atoms with Crippen molar-refractivity contribution < 1.29 is 9.53 Å². The summed E-state index contributed by atoms with van der Waals surface area (Å²) in [6, 6.07) is 14.9. The molecule has 0 fully saturated rings. The Kier molecular flexibility index (Phi) is 6.10. The van der Waals surface area contributed by atoms with E-state index in [0.29, 0.717) is 24.7 Å². The minimum absolute atomic E-state index is 0.206. The number of amides is 2. The quantitative estimate of drug-likeness (QED) is 0.801. The number of hydrogen-bond acceptors (Lipinski definition) is 2. The molecule has 0 saturated heterocycles. The van der Waals surface area contributed by atoms with Crippen LogP contribution in [0.4, 0.5) is 4.79 Å². The molecule has 22 heavy (non-hydrogen) atoms. The lowest BCUT2D eigenvalue weighted by atomic mass is 10.1. The summed E-state index contributed by atoms with van der Waals surface area (Å²) < 4.78 is 5.49. The van der Waals surface area contributed by atoms with E-state index in [1.165, 1.54) is 0 Å². The lowest BCUT2D eigenvalue weighted by Crippen LogP contribution is -2.37. The first-order valence-electron chi connectivity index (χ1n) is 7.10. The van der Waals surface area contributed by atoms with Crippen LogP contribution in [0.25, 0.3) is 0 Å². The molecule has 0 heterocycles. The first-order valence-corrected chi connectivity index (χ1v) is 7.47. The molecular weight excluding hydrogens is 300 g/mol. The number of halogens is 1. The smallest absolute Gasteiger partial charge is 0.315 e. The third kappa shape index (κ3) is 5.30. The van der Waals surface area contributed by atoms with E-state index >= 15 is 0 Å². The topological polar surface area (TPSA) is 50.4 Å². The van der Waals surface area contributed by atoms with Crippen LogP contribution in [0.15, 0.2) is 48.5 Å². The van der Waals surface area contributed by atoms with Gasteiger partial charge in [0.25, 0.3) is 0 Å². The Morgan fingerprint density at radius 1 is 1.09 bits per heavy atom. The molecule has 0 radical (unpaired) electrons. The highest BCUT2D eigenvalue weighted by Gasteiger charge is 2.02. The predicted octanol–water partition coefficient (Wildman–Crippen LogP) is 3.53. The molecule has 2 aromatic rings. The van der Waals surface area contributed by atoms with Crippen LogP contribution >= 0.6 is 11.6 Å². The third-order valence-corrected chi connectivity index (χ3v) is 3.42. The average molecular weight is 319 g/mol. The van der Waals surface area contributed by atoms with Gasteiger partial charge in [0.1, 0.15) is 12.4 Å². The monoisotopic (exact) mass is 318 g/mol. The van der Waals surface area contributed by atoms with Crippen LogP contribution in [0.1, 0.15) is 11.1 Å². The van der Waals surface area contributed by atoms with Gasteiger partial charge < -0.3 is 15.4 Å². The Bertz CT molecular complexity index is 614. The molecule has 4 nitrogen and oxygen atoms in total. The Labute approximate surface area is 135 Å². The highest BCUT2D eigenvalue weighted by atomic mass is 35.5. The first-order chi connectivity index (χ1) is 10.6. The van der Waals surface area contributed by atoms with Crippen molar-refractivity contribution in [2.45, 2.75) is 13.5 Å². The van der Waals surface area contributed by atoms with E-state index in [9.17, 15) is 4.79 Å². The lowest BCUT2D eigenvalue weighted by molar-refractivity contribution is 0.236. The molecule has 0 aliphatic rings. The number of carbonyl (C=O) groups excluding carboxylic acids is 1. The summed E-state index contributed by atoms with van der Waals surface area (Å²) in [6.45, 7) is 3.37. The van der Waals surface area contributed by atoms with E-state index in [1.807, 2.05) is 31.2 Å². The van der Waals surface area contributed by atoms with Crippen molar-refractivity contribution in [2.24, 2.45) is 0 Å². The molecule has 2 aromatic carbocycles. The van der Waals surface area contributed by atoms with Gasteiger partial charge in [-0.05, 0) is 42.3 Å². The number of urea groups is 1. The van der Waals surface area contributed by atoms with Crippen molar-refractivity contribution >= 4 is 17.6 Å². The van der Waals surface area contributed by atoms with E-state index in [1.54, 1.807) is 24.3 Å². The average Bonchev–Trinajstić information content (AvgIpc) is 2.52. The summed E-state index contributed by atoms with van der Waals surface area (Å²) in [4.78, 5) is 11.7. The molecule has 116 valence electrons. The van der Waals surface area contributed by atoms with Crippen LogP contribution in [-0.4, -0.2) is 19.2 Å². The SMILES string of the molecule is Cc1ccccc1CNC(=O)NCCOc1ccc(Cl)cc1. The lowest BCUT2D eigenvalue weighted by Gasteiger charge is -2.10. The number of ether oxygens (including phenoxy) is 1. The van der Waals surface area contributed by atoms with E-state index in [2.05, 4.69) is 10.6 Å². The van der Waals surface area contributed by atoms with Crippen molar-refractivity contribution in [1.29, 1.82) is 0 Å². The van der Waals surface area contributed by atoms with E-state index in [0.717, 1.165) is 16.9 Å². The Hall–Kier alpha value is -2.20. The van der Waals surface area contributed by atoms with Gasteiger partial charge in [0.15, 0.2) is 0 Å². The molecule has 2 rings (SSSR count). The second-order valence-corrected chi connectivity index (χ2v) is 5.27. The first kappa shape index (κ1) is 16.2. The highest BCUT2D eigenvalue weighted by molar-refractivity contribution is 6.30. The largest absolute Gasteiger partial charge is 0.492 e. The zero-order chi connectivity index (χ0) is 15.8. The van der Waals surface area contributed by atoms with Gasteiger partial charge in [-0.3, -0.25) is 0 Å². The van der Waals surface area contributed by atoms with Crippen LogP contribution in [0.2, 0.25) is 5.02 Å². The molecule has 0 aliphatic carbocycles. The van der Waals surface area contributed by atoms with Gasteiger partial charge in [0.2, 0.25) is 0 Å². The summed E-state index contributed by atoms with van der Waals surface area (Å²) in [5.41, 5.74) is 2.27. The summed E-state index contributed by atoms with van der Waals surface area (Å²) in [6.07, 6.45) is 0. The molecule has 5 heteroatoms. The van der Waals surface area contributed by atoms with Crippen molar-refractivity contribution in [3.8, 4) is 5.75 Å². The van der Waals surface area contributed by atoms with Gasteiger partial charge in [-0.15, -0.1) is 0 Å². The fourth-order valence-electron chi connectivity index (χ4n) is 1.91. The molecule has 2 amide bonds. The highest BCUT2D eigenvalue weighted by Crippen LogP contribution is 2.15. The fraction of sp³-hybridized carbons (Fsp3) is 0.235. The van der Waals surface area contributed by atoms with E-state index in [-0.39, 0.29) is 6.03 Å². The van der Waals surface area contributed by atoms with Crippen molar-refractivity contribution in [1.82, 2.24) is 10.6 Å². The van der Waals surface area contributed by atoms with Gasteiger partial charge in [-0.25, -0.2) is 4.79 Å². The maximum Gasteiger partial charge on any atom is 0.315 e. The molecule has 0 bridgehead atoms. The number of benzene rings is 2. The van der Waals surface area contributed by atoms with Gasteiger partial charge in [-0.1, -0.05) is 35.9 Å². The molecule has 0 unspecified atom stereocenters. The minimum atomic E-state index is -0.206. The van der Waals surface area contributed by atoms with Gasteiger partial charge in [0, 0.05) is 11.6 Å². The van der Waals surface area contributed by atoms with Crippen LogP contribution in [-0.2, 0) is 6.54 Å². The molecular formula is C17H19ClN2O2. The molecule has 2 N–H and O–H groups in total. The Morgan fingerprint density at radius 2 is 1.82 bits per heavy atom. The number of carbonyl (C=O) groups is 1. The number of nitrogens with one attached hydrogen (secondary N) is 2. The standard InChI is InChI=1S/C17H19ClN2O2/c1-13-4-2-3-5-14(13)12-20-17(21)19-10-11-22-16-8-6-15(18)7-9-16/h2-9H,10-12H2,1H3,(H2,19,20,21). The third-order valence-electron chi connectivity index (χ3n) is 3.17. The van der Waals surface area contributed by atoms with Crippen molar-refractivity contribution in [3.63, 3.8) is 0 Å². The Balaban J connectivity index is 1.64. The number of rotatable bonds is 6. The molecule has 0 atom stereocenters. The maximum atomic E-state index is 11.7. The normalized spacial score (nSPS) is 10.1. The van der Waals surface area contributed by atoms with E-state index < -0.39 is 0 Å². The summed E-state index contributed by atoms with van der Waals surface area (Å²) in [7, 11) is 0. The molecule has 0 spiro atoms. The maximum absolute atomic E-state index is 11.7. The van der Waals surface area contributed by atoms with Gasteiger partial charge in [0.05, 0.1) is 6.54 Å². The molecule has 0 aliphatic heterocycles. The van der Waals surface area contributed by atoms with Crippen LogP contribution in [0.5, 0.6) is 5.75 Å². The van der Waals surface area contributed by atoms with Gasteiger partial charge in [-0.2, -0.15) is 0 Å². The number of aryl methyl sites for hydroxylation is 1. The summed E-state index contributed by atoms with van der Waals surface area (Å²) in [5.74, 6) is 0.728. The Morgan fingerprint density at radius 3 is 2.55 bits per heavy atom. The second kappa shape index (κ2) is 8.29. The van der Waals surface area contributed by atoms with Gasteiger partial charge >= 0.3 is 6.03 Å². The van der Waals surface area contributed by atoms with Crippen molar-refractivity contribution in [2.75, 3.05) is 13.2 Å². The van der Waals surface area contributed by atoms with E-state index in [4.69, 9.17) is 16.3 Å². The van der Waals surface area contributed by atoms with Crippen LogP contribution in [0.3, 0.4) is 0 Å². The summed E-state index contributed by atoms with van der Waals surface area (Å²) >= 11 is 5.79. The van der Waals surface area contributed by atoms with Crippen LogP contribution in [0, 0.1) is 6.92 Å². The molecule has 0 aromatic heterocycles. The van der Waals surface area contributed by atoms with Crippen LogP contribution < -0.4 is 15.4 Å². The van der Waals surface area contributed by atoms with Crippen molar-refractivity contribution in [3.05, 3.63) is 64.7 Å². The summed E-state index contributed by atoms with van der Waals surface area (Å²) in [5, 5.41) is 6.24. The molecule has 0 saturated carbocycles. The fourth-order valence-corrected chi connectivity index (χ4v) is 2.04. The zero-order valence-corrected chi connectivity index (χ0v) is 13.2. The number of hydrogen-bond donors (Lipinski definition) is 2. The predicted molar refractivity (Wildman–Crippen MR) is 88.4 cm³/mol. The zero-order valence-electron chi connectivity index (χ0n) is 12.4. The second-order valence-electron chi connectivity index (χ2n) is 4.84. The minimum Gasteiger partial charge on any atom is -0.492 e.